The smallest absolute Gasteiger partial charge is 0.340 e. The lowest BCUT2D eigenvalue weighted by atomic mass is 10.0. The Bertz CT molecular complexity index is 430. The summed E-state index contributed by atoms with van der Waals surface area (Å²) in [7, 11) is 0. The summed E-state index contributed by atoms with van der Waals surface area (Å²) in [4.78, 5) is 11.9. The Kier molecular flexibility index (Phi) is 4.44. The molecule has 1 saturated heterocycles. The quantitative estimate of drug-likeness (QED) is 0.676. The van der Waals surface area contributed by atoms with Crippen LogP contribution in [0, 0.1) is 5.92 Å². The molecule has 1 aromatic rings. The van der Waals surface area contributed by atoms with Crippen molar-refractivity contribution >= 4 is 23.3 Å². The van der Waals surface area contributed by atoms with Gasteiger partial charge in [0.1, 0.15) is 0 Å². The van der Waals surface area contributed by atoms with Gasteiger partial charge in [0.2, 0.25) is 0 Å². The molecule has 1 fully saturated rings. The van der Waals surface area contributed by atoms with E-state index >= 15 is 0 Å². The molecule has 1 aliphatic heterocycles. The predicted molar refractivity (Wildman–Crippen MR) is 69.7 cm³/mol. The first-order chi connectivity index (χ1) is 8.68. The Labute approximate surface area is 111 Å². The van der Waals surface area contributed by atoms with E-state index in [1.807, 2.05) is 0 Å². The number of esters is 1. The Hall–Kier alpha value is -1.26. The van der Waals surface area contributed by atoms with Gasteiger partial charge in [0, 0.05) is 13.2 Å². The average molecular weight is 270 g/mol. The maximum absolute atomic E-state index is 11.9. The summed E-state index contributed by atoms with van der Waals surface area (Å²) in [5, 5.41) is 0.371. The van der Waals surface area contributed by atoms with E-state index in [-0.39, 0.29) is 5.69 Å². The van der Waals surface area contributed by atoms with Gasteiger partial charge in [0.05, 0.1) is 22.9 Å². The van der Waals surface area contributed by atoms with Crippen LogP contribution in [0.3, 0.4) is 0 Å². The van der Waals surface area contributed by atoms with Gasteiger partial charge in [-0.05, 0) is 30.9 Å². The molecule has 1 aliphatic rings. The highest BCUT2D eigenvalue weighted by Gasteiger charge is 2.18. The molecule has 0 saturated carbocycles. The molecule has 98 valence electrons. The molecule has 0 atom stereocenters. The van der Waals surface area contributed by atoms with Crippen LogP contribution >= 0.6 is 11.6 Å². The topological polar surface area (TPSA) is 61.6 Å². The third-order valence-electron chi connectivity index (χ3n) is 3.06. The van der Waals surface area contributed by atoms with Crippen molar-refractivity contribution in [2.45, 2.75) is 12.8 Å². The number of carbonyl (C=O) groups is 1. The molecule has 2 rings (SSSR count). The summed E-state index contributed by atoms with van der Waals surface area (Å²) < 4.78 is 10.5. The van der Waals surface area contributed by atoms with Crippen LogP contribution < -0.4 is 5.73 Å². The summed E-state index contributed by atoms with van der Waals surface area (Å²) in [6.45, 7) is 1.89. The largest absolute Gasteiger partial charge is 0.462 e. The summed E-state index contributed by atoms with van der Waals surface area (Å²) >= 11 is 5.86. The second-order valence-electron chi connectivity index (χ2n) is 4.36. The molecule has 2 N–H and O–H groups in total. The zero-order valence-corrected chi connectivity index (χ0v) is 10.8. The van der Waals surface area contributed by atoms with E-state index in [9.17, 15) is 4.79 Å². The molecule has 1 aromatic carbocycles. The highest BCUT2D eigenvalue weighted by molar-refractivity contribution is 6.33. The average Bonchev–Trinajstić information content (AvgIpc) is 2.40. The SMILES string of the molecule is Nc1c(Cl)cccc1C(=O)OCC1CCOCC1. The van der Waals surface area contributed by atoms with E-state index in [1.165, 1.54) is 0 Å². The molecule has 0 spiro atoms. The first-order valence-corrected chi connectivity index (χ1v) is 6.35. The van der Waals surface area contributed by atoms with Crippen LogP contribution in [0.25, 0.3) is 0 Å². The number of carbonyl (C=O) groups excluding carboxylic acids is 1. The zero-order valence-electron chi connectivity index (χ0n) is 10.0. The maximum Gasteiger partial charge on any atom is 0.340 e. The van der Waals surface area contributed by atoms with E-state index in [4.69, 9.17) is 26.8 Å². The number of nitrogen functional groups attached to an aromatic ring is 1. The van der Waals surface area contributed by atoms with Gasteiger partial charge in [0.25, 0.3) is 0 Å². The van der Waals surface area contributed by atoms with Crippen LogP contribution in [-0.4, -0.2) is 25.8 Å². The fourth-order valence-electron chi connectivity index (χ4n) is 1.90. The minimum absolute atomic E-state index is 0.274. The lowest BCUT2D eigenvalue weighted by Crippen LogP contribution is -2.22. The molecule has 1 heterocycles. The highest BCUT2D eigenvalue weighted by Crippen LogP contribution is 2.23. The first-order valence-electron chi connectivity index (χ1n) is 5.97. The molecule has 5 heteroatoms. The number of rotatable bonds is 3. The van der Waals surface area contributed by atoms with Gasteiger partial charge < -0.3 is 15.2 Å². The Morgan fingerprint density at radius 3 is 2.89 bits per heavy atom. The lowest BCUT2D eigenvalue weighted by molar-refractivity contribution is 0.0186. The van der Waals surface area contributed by atoms with Crippen LogP contribution in [0.4, 0.5) is 5.69 Å². The Morgan fingerprint density at radius 1 is 1.44 bits per heavy atom. The van der Waals surface area contributed by atoms with E-state index in [1.54, 1.807) is 18.2 Å². The zero-order chi connectivity index (χ0) is 13.0. The molecule has 0 bridgehead atoms. The summed E-state index contributed by atoms with van der Waals surface area (Å²) in [6, 6.07) is 4.95. The number of hydrogen-bond acceptors (Lipinski definition) is 4. The normalized spacial score (nSPS) is 16.5. The maximum atomic E-state index is 11.9. The molecule has 0 aromatic heterocycles. The minimum Gasteiger partial charge on any atom is -0.462 e. The van der Waals surface area contributed by atoms with Crippen LogP contribution in [0.1, 0.15) is 23.2 Å². The molecular formula is C13H16ClNO3. The van der Waals surface area contributed by atoms with Crippen LogP contribution in [0.2, 0.25) is 5.02 Å². The van der Waals surface area contributed by atoms with Crippen molar-refractivity contribution in [3.63, 3.8) is 0 Å². The second kappa shape index (κ2) is 6.07. The van der Waals surface area contributed by atoms with Crippen molar-refractivity contribution in [2.24, 2.45) is 5.92 Å². The third-order valence-corrected chi connectivity index (χ3v) is 3.39. The van der Waals surface area contributed by atoms with Crippen molar-refractivity contribution < 1.29 is 14.3 Å². The Morgan fingerprint density at radius 2 is 2.17 bits per heavy atom. The number of ether oxygens (including phenoxy) is 2. The van der Waals surface area contributed by atoms with E-state index in [0.717, 1.165) is 26.1 Å². The van der Waals surface area contributed by atoms with Gasteiger partial charge >= 0.3 is 5.97 Å². The van der Waals surface area contributed by atoms with Gasteiger partial charge in [-0.15, -0.1) is 0 Å². The highest BCUT2D eigenvalue weighted by atomic mass is 35.5. The van der Waals surface area contributed by atoms with Gasteiger partial charge in [-0.3, -0.25) is 0 Å². The van der Waals surface area contributed by atoms with Crippen molar-refractivity contribution in [1.29, 1.82) is 0 Å². The number of hydrogen-bond donors (Lipinski definition) is 1. The molecule has 0 unspecified atom stereocenters. The fourth-order valence-corrected chi connectivity index (χ4v) is 2.07. The van der Waals surface area contributed by atoms with Gasteiger partial charge in [-0.25, -0.2) is 4.79 Å². The number of para-hydroxylation sites is 1. The molecule has 18 heavy (non-hydrogen) atoms. The monoisotopic (exact) mass is 269 g/mol. The van der Waals surface area contributed by atoms with Crippen molar-refractivity contribution in [1.82, 2.24) is 0 Å². The first kappa shape index (κ1) is 13.2. The summed E-state index contributed by atoms with van der Waals surface area (Å²) in [6.07, 6.45) is 1.86. The fraction of sp³-hybridized carbons (Fsp3) is 0.462. The molecule has 0 amide bonds. The summed E-state index contributed by atoms with van der Waals surface area (Å²) in [5.41, 5.74) is 6.34. The number of anilines is 1. The van der Waals surface area contributed by atoms with Crippen LogP contribution in [0.15, 0.2) is 18.2 Å². The second-order valence-corrected chi connectivity index (χ2v) is 4.76. The standard InChI is InChI=1S/C13H16ClNO3/c14-11-3-1-2-10(12(11)15)13(16)18-8-9-4-6-17-7-5-9/h1-3,9H,4-8,15H2. The number of halogens is 1. The lowest BCUT2D eigenvalue weighted by Gasteiger charge is -2.21. The van der Waals surface area contributed by atoms with Crippen molar-refractivity contribution in [3.05, 3.63) is 28.8 Å². The van der Waals surface area contributed by atoms with Crippen molar-refractivity contribution in [2.75, 3.05) is 25.6 Å². The Balaban J connectivity index is 1.93. The molecule has 0 aliphatic carbocycles. The molecular weight excluding hydrogens is 254 g/mol. The number of nitrogens with two attached hydrogens (primary N) is 1. The predicted octanol–water partition coefficient (Wildman–Crippen LogP) is 2.51. The van der Waals surface area contributed by atoms with Gasteiger partial charge in [0.15, 0.2) is 0 Å². The number of benzene rings is 1. The molecule has 4 nitrogen and oxygen atoms in total. The van der Waals surface area contributed by atoms with E-state index in [2.05, 4.69) is 0 Å². The molecule has 0 radical (unpaired) electrons. The van der Waals surface area contributed by atoms with Crippen LogP contribution in [0.5, 0.6) is 0 Å². The third kappa shape index (κ3) is 3.15. The minimum atomic E-state index is -0.415. The van der Waals surface area contributed by atoms with Crippen LogP contribution in [-0.2, 0) is 9.47 Å². The van der Waals surface area contributed by atoms with E-state index in [0.29, 0.717) is 23.1 Å². The van der Waals surface area contributed by atoms with Crippen molar-refractivity contribution in [3.8, 4) is 0 Å². The summed E-state index contributed by atoms with van der Waals surface area (Å²) in [5.74, 6) is -0.0374. The van der Waals surface area contributed by atoms with Gasteiger partial charge in [-0.2, -0.15) is 0 Å². The van der Waals surface area contributed by atoms with E-state index < -0.39 is 5.97 Å². The van der Waals surface area contributed by atoms with Gasteiger partial charge in [-0.1, -0.05) is 17.7 Å².